The number of fused-ring (bicyclic) bond motifs is 1. The third kappa shape index (κ3) is 11.3. The third-order valence-corrected chi connectivity index (χ3v) is 8.54. The number of benzene rings is 3. The largest absolute Gasteiger partial charge is 0.444 e. The molecule has 3 amide bonds. The van der Waals surface area contributed by atoms with Gasteiger partial charge in [-0.05, 0) is 62.8 Å². The van der Waals surface area contributed by atoms with E-state index in [-0.39, 0.29) is 31.1 Å². The maximum Gasteiger partial charge on any atom is 0.407 e. The van der Waals surface area contributed by atoms with Crippen molar-refractivity contribution in [2.45, 2.75) is 83.4 Å². The van der Waals surface area contributed by atoms with Crippen LogP contribution >= 0.6 is 0 Å². The molecule has 4 aromatic rings. The Bertz CT molecular complexity index is 1730. The first-order chi connectivity index (χ1) is 24.2. The number of pyridine rings is 1. The van der Waals surface area contributed by atoms with Crippen molar-refractivity contribution < 1.29 is 29.3 Å². The number of aromatic nitrogens is 1. The van der Waals surface area contributed by atoms with Crippen LogP contribution in [-0.2, 0) is 22.4 Å². The summed E-state index contributed by atoms with van der Waals surface area (Å²) in [5.41, 5.74) is 7.71. The van der Waals surface area contributed by atoms with E-state index in [9.17, 15) is 24.6 Å². The van der Waals surface area contributed by atoms with Crippen LogP contribution < -0.4 is 16.4 Å². The number of rotatable bonds is 16. The second kappa shape index (κ2) is 17.9. The highest BCUT2D eigenvalue weighted by atomic mass is 16.6. The minimum absolute atomic E-state index is 0.00792. The first-order valence-electron chi connectivity index (χ1n) is 17.4. The number of nitrogens with zero attached hydrogens (tertiary/aromatic N) is 2. The number of para-hydroxylation sites is 1. The molecular weight excluding hydrogens is 646 g/mol. The van der Waals surface area contributed by atoms with Crippen LogP contribution in [-0.4, -0.2) is 87.0 Å². The monoisotopic (exact) mass is 697 g/mol. The van der Waals surface area contributed by atoms with E-state index in [1.165, 1.54) is 4.90 Å². The summed E-state index contributed by atoms with van der Waals surface area (Å²) in [7, 11) is 0. The molecule has 0 aliphatic rings. The fourth-order valence-corrected chi connectivity index (χ4v) is 6.13. The number of alkyl carbamates (subject to hydrolysis) is 1. The number of amides is 3. The van der Waals surface area contributed by atoms with Gasteiger partial charge in [-0.15, -0.1) is 0 Å². The molecule has 1 aromatic heterocycles. The van der Waals surface area contributed by atoms with Gasteiger partial charge in [0.15, 0.2) is 0 Å². The van der Waals surface area contributed by atoms with Crippen molar-refractivity contribution in [3.05, 3.63) is 114 Å². The van der Waals surface area contributed by atoms with Gasteiger partial charge in [-0.25, -0.2) is 9.78 Å². The summed E-state index contributed by atoms with van der Waals surface area (Å²) < 4.78 is 5.45. The summed E-state index contributed by atoms with van der Waals surface area (Å²) in [5.74, 6) is -1.63. The maximum atomic E-state index is 14.5. The lowest BCUT2D eigenvalue weighted by Crippen LogP contribution is -2.60. The summed E-state index contributed by atoms with van der Waals surface area (Å²) in [5, 5.41) is 30.0. The van der Waals surface area contributed by atoms with Crippen molar-refractivity contribution in [3.63, 3.8) is 0 Å². The summed E-state index contributed by atoms with van der Waals surface area (Å²) >= 11 is 0. The van der Waals surface area contributed by atoms with Gasteiger partial charge in [0.05, 0.1) is 29.8 Å². The van der Waals surface area contributed by atoms with E-state index in [1.54, 1.807) is 52.8 Å². The molecule has 0 radical (unpaired) electrons. The summed E-state index contributed by atoms with van der Waals surface area (Å²) in [6, 6.07) is 27.0. The second-order valence-electron chi connectivity index (χ2n) is 14.2. The van der Waals surface area contributed by atoms with E-state index in [4.69, 9.17) is 10.5 Å². The van der Waals surface area contributed by atoms with Gasteiger partial charge >= 0.3 is 6.09 Å². The molecule has 1 heterocycles. The number of aliphatic hydroxyl groups excluding tert-OH is 2. The topological polar surface area (TPSA) is 167 Å². The average molecular weight is 698 g/mol. The molecule has 1 unspecified atom stereocenters. The lowest BCUT2D eigenvalue weighted by molar-refractivity contribution is -0.125. The molecule has 0 saturated heterocycles. The molecule has 0 saturated carbocycles. The van der Waals surface area contributed by atoms with Crippen LogP contribution in [0, 0.1) is 5.92 Å². The van der Waals surface area contributed by atoms with Crippen LogP contribution in [0.15, 0.2) is 97.1 Å². The van der Waals surface area contributed by atoms with Crippen molar-refractivity contribution in [1.29, 1.82) is 0 Å². The van der Waals surface area contributed by atoms with Crippen molar-refractivity contribution in [3.8, 4) is 0 Å². The third-order valence-electron chi connectivity index (χ3n) is 8.54. The molecule has 0 fully saturated rings. The molecule has 6 N–H and O–H groups in total. The number of nitrogens with one attached hydrogen (secondary N) is 2. The minimum Gasteiger partial charge on any atom is -0.444 e. The summed E-state index contributed by atoms with van der Waals surface area (Å²) in [6.07, 6.45) is -2.41. The van der Waals surface area contributed by atoms with Gasteiger partial charge in [-0.2, -0.15) is 0 Å². The van der Waals surface area contributed by atoms with Gasteiger partial charge in [-0.3, -0.25) is 9.59 Å². The first-order valence-corrected chi connectivity index (χ1v) is 17.4. The van der Waals surface area contributed by atoms with Crippen LogP contribution in [0.4, 0.5) is 4.79 Å². The number of hydrogen-bond donors (Lipinski definition) is 5. The van der Waals surface area contributed by atoms with Crippen molar-refractivity contribution in [2.75, 3.05) is 13.1 Å². The van der Waals surface area contributed by atoms with Crippen LogP contribution in [0.2, 0.25) is 0 Å². The Labute approximate surface area is 300 Å². The Morgan fingerprint density at radius 2 is 1.37 bits per heavy atom. The number of ether oxygens (including phenoxy) is 1. The lowest BCUT2D eigenvalue weighted by Gasteiger charge is -2.41. The normalized spacial score (nSPS) is 14.7. The van der Waals surface area contributed by atoms with Crippen LogP contribution in [0.25, 0.3) is 10.9 Å². The van der Waals surface area contributed by atoms with Gasteiger partial charge in [0.2, 0.25) is 5.91 Å². The molecule has 5 atom stereocenters. The number of nitrogens with two attached hydrogens (primary N) is 1. The average Bonchev–Trinajstić information content (AvgIpc) is 3.08. The number of hydrogen-bond acceptors (Lipinski definition) is 8. The molecule has 0 aliphatic heterocycles. The number of carbonyl (C=O) groups excluding carboxylic acids is 3. The van der Waals surface area contributed by atoms with Gasteiger partial charge < -0.3 is 36.2 Å². The van der Waals surface area contributed by atoms with Gasteiger partial charge in [0, 0.05) is 18.5 Å². The van der Waals surface area contributed by atoms with E-state index >= 15 is 0 Å². The highest BCUT2D eigenvalue weighted by Crippen LogP contribution is 2.24. The lowest BCUT2D eigenvalue weighted by atomic mass is 9.93. The quantitative estimate of drug-likeness (QED) is 0.116. The van der Waals surface area contributed by atoms with Gasteiger partial charge in [0.25, 0.3) is 5.91 Å². The summed E-state index contributed by atoms with van der Waals surface area (Å²) in [6.45, 7) is 8.81. The second-order valence-corrected chi connectivity index (χ2v) is 14.2. The number of carbonyl (C=O) groups is 3. The number of aliphatic hydroxyl groups is 2. The van der Waals surface area contributed by atoms with Crippen LogP contribution in [0.5, 0.6) is 0 Å². The fraction of sp³-hybridized carbons (Fsp3) is 0.400. The van der Waals surface area contributed by atoms with E-state index in [0.29, 0.717) is 11.9 Å². The first kappa shape index (κ1) is 39.0. The van der Waals surface area contributed by atoms with Gasteiger partial charge in [0.1, 0.15) is 17.3 Å². The van der Waals surface area contributed by atoms with Crippen molar-refractivity contribution in [1.82, 2.24) is 20.5 Å². The Morgan fingerprint density at radius 1 is 0.804 bits per heavy atom. The molecule has 11 nitrogen and oxygen atoms in total. The summed E-state index contributed by atoms with van der Waals surface area (Å²) in [4.78, 5) is 46.2. The Balaban J connectivity index is 1.61. The molecule has 11 heteroatoms. The van der Waals surface area contributed by atoms with E-state index in [0.717, 1.165) is 16.5 Å². The molecule has 272 valence electrons. The predicted molar refractivity (Wildman–Crippen MR) is 198 cm³/mol. The van der Waals surface area contributed by atoms with Gasteiger partial charge in [-0.1, -0.05) is 98.8 Å². The molecule has 51 heavy (non-hydrogen) atoms. The molecule has 0 aliphatic carbocycles. The predicted octanol–water partition coefficient (Wildman–Crippen LogP) is 4.25. The molecular formula is C40H51N5O6. The fourth-order valence-electron chi connectivity index (χ4n) is 6.13. The van der Waals surface area contributed by atoms with Crippen molar-refractivity contribution >= 4 is 28.8 Å². The Kier molecular flexibility index (Phi) is 13.7. The zero-order chi connectivity index (χ0) is 37.1. The zero-order valence-electron chi connectivity index (χ0n) is 30.0. The van der Waals surface area contributed by atoms with Crippen molar-refractivity contribution in [2.24, 2.45) is 11.7 Å². The minimum atomic E-state index is -1.21. The number of primary amides is 1. The van der Waals surface area contributed by atoms with Crippen LogP contribution in [0.3, 0.4) is 0 Å². The highest BCUT2D eigenvalue weighted by Gasteiger charge is 2.40. The van der Waals surface area contributed by atoms with E-state index in [1.807, 2.05) is 78.9 Å². The standard InChI is InChI=1S/C40H51N5O6/c1-26(2)36(37(41)48)45(38(49)31-21-20-29-18-12-13-19-30(29)43-31)33(23-28-16-10-7-11-17-28)35(47)25-42-24-34(46)32(22-27-14-8-6-9-15-27)44-39(50)51-40(3,4)5/h6-21,26,32-36,42,46-47H,22-25H2,1-5H3,(H2,41,48)(H,44,50)/t32-,33-,34?,35+,36+/m1/s1. The smallest absolute Gasteiger partial charge is 0.407 e. The van der Waals surface area contributed by atoms with E-state index in [2.05, 4.69) is 15.6 Å². The Morgan fingerprint density at radius 3 is 1.96 bits per heavy atom. The molecule has 4 rings (SSSR count). The molecule has 3 aromatic carbocycles. The SMILES string of the molecule is CC(C)[C@@H](C(N)=O)N(C(=O)c1ccc2ccccc2n1)[C@H](Cc1ccccc1)[C@@H](O)CNCC(O)[C@@H](Cc1ccccc1)NC(=O)OC(C)(C)C. The van der Waals surface area contributed by atoms with Crippen LogP contribution in [0.1, 0.15) is 56.2 Å². The Hall–Kier alpha value is -4.84. The molecule has 0 bridgehead atoms. The molecule has 0 spiro atoms. The van der Waals surface area contributed by atoms with E-state index < -0.39 is 53.8 Å². The maximum absolute atomic E-state index is 14.5. The zero-order valence-corrected chi connectivity index (χ0v) is 30.0. The highest BCUT2D eigenvalue weighted by molar-refractivity contribution is 5.98.